The molecule has 108 valence electrons. The number of nitrogens with two attached hydrogens (primary N) is 1. The third-order valence-electron chi connectivity index (χ3n) is 2.84. The second-order valence-electron chi connectivity index (χ2n) is 4.56. The van der Waals surface area contributed by atoms with Crippen LogP contribution in [0.5, 0.6) is 0 Å². The average Bonchev–Trinajstić information content (AvgIpc) is 2.28. The lowest BCUT2D eigenvalue weighted by molar-refractivity contribution is 0.171. The van der Waals surface area contributed by atoms with E-state index in [-0.39, 0.29) is 16.6 Å². The molecular weight excluding hydrogens is 264 g/mol. The van der Waals surface area contributed by atoms with Crippen molar-refractivity contribution in [3.63, 3.8) is 0 Å². The monoisotopic (exact) mass is 286 g/mol. The number of anilines is 1. The number of hydrogen-bond acceptors (Lipinski definition) is 4. The molecule has 6 heteroatoms. The Labute approximate surface area is 115 Å². The van der Waals surface area contributed by atoms with Gasteiger partial charge in [0.2, 0.25) is 10.0 Å². The number of sulfonamides is 1. The van der Waals surface area contributed by atoms with Gasteiger partial charge in [-0.05, 0) is 25.0 Å². The summed E-state index contributed by atoms with van der Waals surface area (Å²) >= 11 is 0. The molecule has 3 N–H and O–H groups in total. The molecule has 1 aromatic carbocycles. The van der Waals surface area contributed by atoms with Gasteiger partial charge in [-0.1, -0.05) is 25.5 Å². The van der Waals surface area contributed by atoms with E-state index in [4.69, 9.17) is 10.5 Å². The van der Waals surface area contributed by atoms with Crippen LogP contribution in [0.25, 0.3) is 0 Å². The Morgan fingerprint density at radius 1 is 1.42 bits per heavy atom. The van der Waals surface area contributed by atoms with Crippen LogP contribution in [-0.2, 0) is 14.8 Å². The molecule has 0 spiro atoms. The molecule has 0 aromatic heterocycles. The molecule has 0 radical (unpaired) electrons. The van der Waals surface area contributed by atoms with Gasteiger partial charge in [-0.3, -0.25) is 0 Å². The zero-order chi connectivity index (χ0) is 14.5. The Morgan fingerprint density at radius 2 is 2.11 bits per heavy atom. The Kier molecular flexibility index (Phi) is 5.78. The predicted molar refractivity (Wildman–Crippen MR) is 76.5 cm³/mol. The number of nitrogens with one attached hydrogen (secondary N) is 1. The van der Waals surface area contributed by atoms with E-state index in [1.807, 2.05) is 6.92 Å². The van der Waals surface area contributed by atoms with Crippen molar-refractivity contribution in [1.29, 1.82) is 0 Å². The number of hydrogen-bond donors (Lipinski definition) is 2. The summed E-state index contributed by atoms with van der Waals surface area (Å²) in [6, 6.07) is 4.82. The van der Waals surface area contributed by atoms with Gasteiger partial charge < -0.3 is 10.5 Å². The first-order valence-electron chi connectivity index (χ1n) is 6.28. The van der Waals surface area contributed by atoms with Crippen molar-refractivity contribution in [1.82, 2.24) is 4.72 Å². The smallest absolute Gasteiger partial charge is 0.243 e. The zero-order valence-electron chi connectivity index (χ0n) is 11.6. The molecule has 19 heavy (non-hydrogen) atoms. The normalized spacial score (nSPS) is 13.4. The van der Waals surface area contributed by atoms with E-state index in [1.54, 1.807) is 32.2 Å². The molecule has 5 nitrogen and oxygen atoms in total. The second kappa shape index (κ2) is 6.88. The Morgan fingerprint density at radius 3 is 2.63 bits per heavy atom. The van der Waals surface area contributed by atoms with Gasteiger partial charge in [0.15, 0.2) is 0 Å². The molecule has 0 aliphatic rings. The predicted octanol–water partition coefficient (Wildman–Crippen LogP) is 1.67. The molecule has 1 rings (SSSR count). The van der Waals surface area contributed by atoms with Crippen LogP contribution < -0.4 is 10.5 Å². The maximum atomic E-state index is 12.4. The molecule has 0 aliphatic heterocycles. The molecule has 0 saturated heterocycles. The van der Waals surface area contributed by atoms with Gasteiger partial charge in [0, 0.05) is 13.2 Å². The highest BCUT2D eigenvalue weighted by Crippen LogP contribution is 2.22. The quantitative estimate of drug-likeness (QED) is 0.747. The lowest BCUT2D eigenvalue weighted by Gasteiger charge is -2.19. The van der Waals surface area contributed by atoms with E-state index in [0.29, 0.717) is 12.2 Å². The summed E-state index contributed by atoms with van der Waals surface area (Å²) in [6.07, 6.45) is 1.60. The molecule has 0 fully saturated rings. The van der Waals surface area contributed by atoms with Crippen LogP contribution in [0.4, 0.5) is 5.69 Å². The highest BCUT2D eigenvalue weighted by atomic mass is 32.2. The lowest BCUT2D eigenvalue weighted by atomic mass is 10.2. The number of nitrogen functional groups attached to an aromatic ring is 1. The number of benzene rings is 1. The minimum Gasteiger partial charge on any atom is -0.398 e. The van der Waals surface area contributed by atoms with Crippen molar-refractivity contribution in [2.45, 2.75) is 37.6 Å². The van der Waals surface area contributed by atoms with Crippen molar-refractivity contribution < 1.29 is 13.2 Å². The molecule has 0 heterocycles. The fourth-order valence-corrected chi connectivity index (χ4v) is 3.66. The van der Waals surface area contributed by atoms with Gasteiger partial charge in [-0.25, -0.2) is 13.1 Å². The first-order valence-corrected chi connectivity index (χ1v) is 7.77. The van der Waals surface area contributed by atoms with Crippen LogP contribution >= 0.6 is 0 Å². The number of aryl methyl sites for hydroxylation is 1. The van der Waals surface area contributed by atoms with Gasteiger partial charge in [-0.15, -0.1) is 0 Å². The molecule has 0 bridgehead atoms. The number of methoxy groups -OCH3 is 1. The fraction of sp³-hybridized carbons (Fsp3) is 0.538. The topological polar surface area (TPSA) is 81.4 Å². The summed E-state index contributed by atoms with van der Waals surface area (Å²) in [4.78, 5) is 0.159. The van der Waals surface area contributed by atoms with Gasteiger partial charge in [-0.2, -0.15) is 0 Å². The maximum absolute atomic E-state index is 12.4. The van der Waals surface area contributed by atoms with Gasteiger partial charge in [0.25, 0.3) is 0 Å². The Balaban J connectivity index is 3.03. The van der Waals surface area contributed by atoms with Gasteiger partial charge in [0.05, 0.1) is 12.3 Å². The standard InChI is InChI=1S/C13H22N2O3S/c1-4-6-11(9-18-3)15-19(16,17)13-10(2)7-5-8-12(13)14/h5,7-8,11,15H,4,6,9,14H2,1-3H3. The first-order chi connectivity index (χ1) is 8.92. The minimum absolute atomic E-state index is 0.159. The van der Waals surface area contributed by atoms with Crippen molar-refractivity contribution in [2.24, 2.45) is 0 Å². The van der Waals surface area contributed by atoms with E-state index in [2.05, 4.69) is 4.72 Å². The number of rotatable bonds is 7. The molecule has 1 unspecified atom stereocenters. The van der Waals surface area contributed by atoms with E-state index in [9.17, 15) is 8.42 Å². The highest BCUT2D eigenvalue weighted by Gasteiger charge is 2.23. The summed E-state index contributed by atoms with van der Waals surface area (Å²) in [5.41, 5.74) is 6.68. The number of ether oxygens (including phenoxy) is 1. The van der Waals surface area contributed by atoms with Crippen LogP contribution in [-0.4, -0.2) is 28.2 Å². The van der Waals surface area contributed by atoms with Gasteiger partial charge in [0.1, 0.15) is 4.90 Å². The summed E-state index contributed by atoms with van der Waals surface area (Å²) < 4.78 is 32.5. The molecule has 0 aliphatic carbocycles. The zero-order valence-corrected chi connectivity index (χ0v) is 12.5. The van der Waals surface area contributed by atoms with Crippen LogP contribution in [0, 0.1) is 6.92 Å². The molecular formula is C13H22N2O3S. The van der Waals surface area contributed by atoms with Crippen molar-refractivity contribution in [2.75, 3.05) is 19.5 Å². The van der Waals surface area contributed by atoms with Crippen molar-refractivity contribution >= 4 is 15.7 Å². The molecule has 0 saturated carbocycles. The van der Waals surface area contributed by atoms with Gasteiger partial charge >= 0.3 is 0 Å². The van der Waals surface area contributed by atoms with Crippen molar-refractivity contribution in [3.05, 3.63) is 23.8 Å². The van der Waals surface area contributed by atoms with Crippen LogP contribution in [0.3, 0.4) is 0 Å². The third-order valence-corrected chi connectivity index (χ3v) is 4.58. The third kappa shape index (κ3) is 4.19. The summed E-state index contributed by atoms with van der Waals surface area (Å²) in [5.74, 6) is 0. The fourth-order valence-electron chi connectivity index (χ4n) is 2.05. The largest absolute Gasteiger partial charge is 0.398 e. The summed E-state index contributed by atoms with van der Waals surface area (Å²) in [5, 5.41) is 0. The van der Waals surface area contributed by atoms with Crippen LogP contribution in [0.1, 0.15) is 25.3 Å². The average molecular weight is 286 g/mol. The SMILES string of the molecule is CCCC(COC)NS(=O)(=O)c1c(C)cccc1N. The molecule has 1 aromatic rings. The van der Waals surface area contributed by atoms with Crippen molar-refractivity contribution in [3.8, 4) is 0 Å². The molecule has 0 amide bonds. The Hall–Kier alpha value is -1.11. The maximum Gasteiger partial charge on any atom is 0.243 e. The van der Waals surface area contributed by atoms with E-state index in [0.717, 1.165) is 12.8 Å². The first kappa shape index (κ1) is 15.9. The van der Waals surface area contributed by atoms with E-state index < -0.39 is 10.0 Å². The van der Waals surface area contributed by atoms with Crippen LogP contribution in [0.15, 0.2) is 23.1 Å². The second-order valence-corrected chi connectivity index (χ2v) is 6.21. The Bertz CT molecular complexity index is 488. The van der Waals surface area contributed by atoms with E-state index >= 15 is 0 Å². The summed E-state index contributed by atoms with van der Waals surface area (Å²) in [7, 11) is -2.07. The molecule has 1 atom stereocenters. The van der Waals surface area contributed by atoms with Crippen LogP contribution in [0.2, 0.25) is 0 Å². The minimum atomic E-state index is -3.62. The van der Waals surface area contributed by atoms with E-state index in [1.165, 1.54) is 0 Å². The lowest BCUT2D eigenvalue weighted by Crippen LogP contribution is -2.38. The summed E-state index contributed by atoms with van der Waals surface area (Å²) in [6.45, 7) is 4.08. The highest BCUT2D eigenvalue weighted by molar-refractivity contribution is 7.89.